The Labute approximate surface area is 200 Å². The molecule has 2 aromatic heterocycles. The Kier molecular flexibility index (Phi) is 6.55. The molecule has 174 valence electrons. The number of nitrogens with one attached hydrogen (secondary N) is 1. The monoisotopic (exact) mass is 454 g/mol. The number of ether oxygens (including phenoxy) is 1. The lowest BCUT2D eigenvalue weighted by atomic mass is 9.94. The number of amides is 1. The van der Waals surface area contributed by atoms with Crippen molar-refractivity contribution >= 4 is 28.3 Å². The molecule has 0 saturated carbocycles. The topological polar surface area (TPSA) is 64.4 Å². The van der Waals surface area contributed by atoms with Gasteiger partial charge in [-0.2, -0.15) is 0 Å². The summed E-state index contributed by atoms with van der Waals surface area (Å²) in [6.07, 6.45) is 5.12. The molecule has 34 heavy (non-hydrogen) atoms. The first-order chi connectivity index (χ1) is 16.3. The van der Waals surface area contributed by atoms with E-state index in [0.29, 0.717) is 12.4 Å². The van der Waals surface area contributed by atoms with E-state index in [1.54, 1.807) is 18.3 Å². The summed E-state index contributed by atoms with van der Waals surface area (Å²) in [5.74, 6) is 1.01. The summed E-state index contributed by atoms with van der Waals surface area (Å²) < 4.78 is 12.0. The van der Waals surface area contributed by atoms with Crippen LogP contribution in [-0.4, -0.2) is 17.5 Å². The highest BCUT2D eigenvalue weighted by Gasteiger charge is 2.20. The fourth-order valence-corrected chi connectivity index (χ4v) is 4.24. The second-order valence-electron chi connectivity index (χ2n) is 8.69. The van der Waals surface area contributed by atoms with Crippen molar-refractivity contribution in [1.82, 2.24) is 4.98 Å². The average Bonchev–Trinajstić information content (AvgIpc) is 3.21. The van der Waals surface area contributed by atoms with E-state index in [9.17, 15) is 4.79 Å². The minimum atomic E-state index is -0.240. The van der Waals surface area contributed by atoms with Gasteiger partial charge in [-0.05, 0) is 75.9 Å². The molecule has 4 aromatic rings. The van der Waals surface area contributed by atoms with Gasteiger partial charge >= 0.3 is 0 Å². The lowest BCUT2D eigenvalue weighted by molar-refractivity contribution is -0.111. The molecule has 0 radical (unpaired) electrons. The molecule has 4 rings (SSSR count). The predicted molar refractivity (Wildman–Crippen MR) is 138 cm³/mol. The first-order valence-electron chi connectivity index (χ1n) is 11.5. The Balaban J connectivity index is 1.79. The number of nitrogens with zero attached hydrogens (tertiary/aromatic N) is 1. The number of pyridine rings is 1. The fourth-order valence-electron chi connectivity index (χ4n) is 4.24. The molecule has 0 spiro atoms. The number of benzene rings is 2. The highest BCUT2D eigenvalue weighted by atomic mass is 16.5. The molecule has 0 aliphatic carbocycles. The molecule has 2 heterocycles. The molecule has 1 N–H and O–H groups in total. The molecular formula is C29H30N2O3. The van der Waals surface area contributed by atoms with Crippen molar-refractivity contribution in [3.63, 3.8) is 0 Å². The smallest absolute Gasteiger partial charge is 0.249 e. The van der Waals surface area contributed by atoms with Crippen LogP contribution in [0.15, 0.2) is 59.4 Å². The Morgan fingerprint density at radius 3 is 2.50 bits per heavy atom. The van der Waals surface area contributed by atoms with E-state index in [4.69, 9.17) is 9.15 Å². The van der Waals surface area contributed by atoms with Crippen LogP contribution in [0.5, 0.6) is 5.75 Å². The Hall–Kier alpha value is -3.86. The maximum atomic E-state index is 12.7. The van der Waals surface area contributed by atoms with E-state index in [0.717, 1.165) is 50.1 Å². The van der Waals surface area contributed by atoms with Crippen molar-refractivity contribution in [3.05, 3.63) is 82.8 Å². The molecule has 2 aromatic carbocycles. The third-order valence-corrected chi connectivity index (χ3v) is 5.94. The minimum Gasteiger partial charge on any atom is -0.493 e. The highest BCUT2D eigenvalue weighted by Crippen LogP contribution is 2.41. The number of hydrogen-bond donors (Lipinski definition) is 1. The summed E-state index contributed by atoms with van der Waals surface area (Å²) >= 11 is 0. The molecular weight excluding hydrogens is 424 g/mol. The second kappa shape index (κ2) is 9.56. The third kappa shape index (κ3) is 4.60. The number of anilines is 1. The van der Waals surface area contributed by atoms with Gasteiger partial charge in [0.25, 0.3) is 0 Å². The molecule has 0 atom stereocenters. The number of aromatic nitrogens is 1. The largest absolute Gasteiger partial charge is 0.493 e. The van der Waals surface area contributed by atoms with E-state index >= 15 is 0 Å². The van der Waals surface area contributed by atoms with Crippen molar-refractivity contribution in [2.45, 2.75) is 41.5 Å². The van der Waals surface area contributed by atoms with Gasteiger partial charge in [-0.1, -0.05) is 29.8 Å². The van der Waals surface area contributed by atoms with Gasteiger partial charge in [0, 0.05) is 34.3 Å². The first kappa shape index (κ1) is 23.3. The van der Waals surface area contributed by atoms with Crippen LogP contribution in [0.4, 0.5) is 5.82 Å². The molecule has 0 fully saturated rings. The van der Waals surface area contributed by atoms with E-state index in [1.165, 1.54) is 11.1 Å². The Morgan fingerprint density at radius 2 is 1.82 bits per heavy atom. The molecule has 1 amide bonds. The van der Waals surface area contributed by atoms with Gasteiger partial charge < -0.3 is 14.5 Å². The molecule has 0 unspecified atom stereocenters. The zero-order valence-corrected chi connectivity index (χ0v) is 20.6. The number of rotatable bonds is 6. The summed E-state index contributed by atoms with van der Waals surface area (Å²) in [6, 6.07) is 12.2. The maximum absolute atomic E-state index is 12.7. The summed E-state index contributed by atoms with van der Waals surface area (Å²) in [6.45, 7) is 12.5. The van der Waals surface area contributed by atoms with E-state index in [-0.39, 0.29) is 5.91 Å². The lowest BCUT2D eigenvalue weighted by Crippen LogP contribution is -2.10. The van der Waals surface area contributed by atoms with Crippen molar-refractivity contribution in [2.24, 2.45) is 0 Å². The fraction of sp³-hybridized carbons (Fsp3) is 0.241. The minimum absolute atomic E-state index is 0.240. The van der Waals surface area contributed by atoms with Gasteiger partial charge in [0.1, 0.15) is 17.2 Å². The standard InChI is InChI=1S/C29H30N2O3/c1-7-33-28-21(6)29-24(25(16-34-29)22-10-8-17(2)12-19(22)4)14-23(28)20(5)13-27(32)31-26-11-9-18(3)15-30-26/h8-16H,7H2,1-6H3,(H,30,31,32)/b20-13+. The molecule has 0 saturated heterocycles. The normalized spacial score (nSPS) is 11.6. The number of carbonyl (C=O) groups excluding carboxylic acids is 1. The first-order valence-corrected chi connectivity index (χ1v) is 11.5. The predicted octanol–water partition coefficient (Wildman–Crippen LogP) is 7.17. The zero-order chi connectivity index (χ0) is 24.4. The van der Waals surface area contributed by atoms with E-state index < -0.39 is 0 Å². The van der Waals surface area contributed by atoms with Gasteiger partial charge in [0.05, 0.1) is 12.9 Å². The number of allylic oxidation sites excluding steroid dienone is 1. The van der Waals surface area contributed by atoms with Gasteiger partial charge in [-0.25, -0.2) is 4.98 Å². The van der Waals surface area contributed by atoms with Gasteiger partial charge in [-0.3, -0.25) is 4.79 Å². The van der Waals surface area contributed by atoms with Crippen molar-refractivity contribution in [2.75, 3.05) is 11.9 Å². The van der Waals surface area contributed by atoms with Gasteiger partial charge in [0.15, 0.2) is 0 Å². The molecule has 0 aliphatic rings. The van der Waals surface area contributed by atoms with E-state index in [1.807, 2.05) is 40.0 Å². The van der Waals surface area contributed by atoms with Gasteiger partial charge in [-0.15, -0.1) is 0 Å². The van der Waals surface area contributed by atoms with Crippen molar-refractivity contribution in [3.8, 4) is 16.9 Å². The summed E-state index contributed by atoms with van der Waals surface area (Å²) in [4.78, 5) is 17.0. The van der Waals surface area contributed by atoms with Crippen molar-refractivity contribution < 1.29 is 13.9 Å². The van der Waals surface area contributed by atoms with Crippen LogP contribution < -0.4 is 10.1 Å². The van der Waals surface area contributed by atoms with Crippen LogP contribution in [0, 0.1) is 27.7 Å². The number of carbonyl (C=O) groups is 1. The zero-order valence-electron chi connectivity index (χ0n) is 20.6. The van der Waals surface area contributed by atoms with Crippen LogP contribution in [0.25, 0.3) is 27.7 Å². The SMILES string of the molecule is CCOc1c(/C(C)=C/C(=O)Nc2ccc(C)cn2)cc2c(-c3ccc(C)cc3C)coc2c1C. The maximum Gasteiger partial charge on any atom is 0.249 e. The van der Waals surface area contributed by atoms with Crippen LogP contribution in [0.2, 0.25) is 0 Å². The van der Waals surface area contributed by atoms with Gasteiger partial charge in [0.2, 0.25) is 5.91 Å². The number of furan rings is 1. The average molecular weight is 455 g/mol. The summed E-state index contributed by atoms with van der Waals surface area (Å²) in [5.41, 5.74) is 8.98. The third-order valence-electron chi connectivity index (χ3n) is 5.94. The molecule has 5 heteroatoms. The van der Waals surface area contributed by atoms with E-state index in [2.05, 4.69) is 48.4 Å². The van der Waals surface area contributed by atoms with Crippen LogP contribution >= 0.6 is 0 Å². The van der Waals surface area contributed by atoms with Crippen LogP contribution in [-0.2, 0) is 4.79 Å². The van der Waals surface area contributed by atoms with Crippen molar-refractivity contribution in [1.29, 1.82) is 0 Å². The second-order valence-corrected chi connectivity index (χ2v) is 8.69. The quantitative estimate of drug-likeness (QED) is 0.314. The van der Waals surface area contributed by atoms with Crippen LogP contribution in [0.1, 0.15) is 41.7 Å². The lowest BCUT2D eigenvalue weighted by Gasteiger charge is -2.15. The van der Waals surface area contributed by atoms with Crippen LogP contribution in [0.3, 0.4) is 0 Å². The number of hydrogen-bond acceptors (Lipinski definition) is 4. The highest BCUT2D eigenvalue weighted by molar-refractivity contribution is 6.05. The summed E-state index contributed by atoms with van der Waals surface area (Å²) in [7, 11) is 0. The number of aryl methyl sites for hydroxylation is 4. The number of fused-ring (bicyclic) bond motifs is 1. The summed E-state index contributed by atoms with van der Waals surface area (Å²) in [5, 5.41) is 3.83. The molecule has 5 nitrogen and oxygen atoms in total. The molecule has 0 bridgehead atoms. The Morgan fingerprint density at radius 1 is 1.06 bits per heavy atom. The molecule has 0 aliphatic heterocycles. The Bertz CT molecular complexity index is 1400.